The van der Waals surface area contributed by atoms with E-state index in [2.05, 4.69) is 5.32 Å². The molecule has 0 saturated carbocycles. The van der Waals surface area contributed by atoms with Crippen LogP contribution in [0.2, 0.25) is 0 Å². The molecular weight excluding hydrogens is 180 g/mol. The molecule has 4 N–H and O–H groups in total. The first-order valence-electron chi connectivity index (χ1n) is 4.94. The minimum Gasteiger partial charge on any atom is -0.391 e. The van der Waals surface area contributed by atoms with Gasteiger partial charge in [-0.1, -0.05) is 13.8 Å². The van der Waals surface area contributed by atoms with Crippen molar-refractivity contribution in [2.45, 2.75) is 52.3 Å². The first-order valence-corrected chi connectivity index (χ1v) is 4.94. The lowest BCUT2D eigenvalue weighted by molar-refractivity contribution is -0.126. The van der Waals surface area contributed by atoms with E-state index in [1.165, 1.54) is 0 Å². The van der Waals surface area contributed by atoms with E-state index in [9.17, 15) is 9.90 Å². The molecule has 0 heterocycles. The second-order valence-corrected chi connectivity index (χ2v) is 4.66. The third-order valence-electron chi connectivity index (χ3n) is 2.51. The molecule has 0 rings (SSSR count). The topological polar surface area (TPSA) is 75.4 Å². The number of nitrogens with two attached hydrogens (primary N) is 1. The van der Waals surface area contributed by atoms with Crippen LogP contribution in [-0.2, 0) is 4.79 Å². The zero-order chi connectivity index (χ0) is 11.5. The van der Waals surface area contributed by atoms with Crippen LogP contribution in [0.1, 0.15) is 34.6 Å². The van der Waals surface area contributed by atoms with Gasteiger partial charge in [0.15, 0.2) is 0 Å². The summed E-state index contributed by atoms with van der Waals surface area (Å²) >= 11 is 0. The van der Waals surface area contributed by atoms with Crippen molar-refractivity contribution in [3.05, 3.63) is 0 Å². The summed E-state index contributed by atoms with van der Waals surface area (Å²) in [6, 6.07) is -0.520. The molecule has 0 aliphatic heterocycles. The number of carbonyl (C=O) groups is 1. The highest BCUT2D eigenvalue weighted by Crippen LogP contribution is 2.09. The Kier molecular flexibility index (Phi) is 4.55. The fraction of sp³-hybridized carbons (Fsp3) is 0.900. The van der Waals surface area contributed by atoms with Crippen LogP contribution in [0, 0.1) is 5.92 Å². The third-order valence-corrected chi connectivity index (χ3v) is 2.51. The molecule has 0 aliphatic carbocycles. The maximum Gasteiger partial charge on any atom is 0.237 e. The van der Waals surface area contributed by atoms with Crippen LogP contribution in [0.4, 0.5) is 0 Å². The van der Waals surface area contributed by atoms with Gasteiger partial charge < -0.3 is 16.2 Å². The lowest BCUT2D eigenvalue weighted by Gasteiger charge is -2.31. The molecule has 0 fully saturated rings. The highest BCUT2D eigenvalue weighted by atomic mass is 16.3. The van der Waals surface area contributed by atoms with Gasteiger partial charge in [-0.3, -0.25) is 4.79 Å². The van der Waals surface area contributed by atoms with Crippen molar-refractivity contribution in [2.24, 2.45) is 11.7 Å². The molecule has 0 aliphatic rings. The molecular formula is C10H22N2O2. The summed E-state index contributed by atoms with van der Waals surface area (Å²) in [6.45, 7) is 8.95. The number of aliphatic hydroxyl groups is 1. The smallest absolute Gasteiger partial charge is 0.237 e. The number of amides is 1. The van der Waals surface area contributed by atoms with Crippen LogP contribution in [0.3, 0.4) is 0 Å². The molecule has 0 spiro atoms. The van der Waals surface area contributed by atoms with Crippen molar-refractivity contribution >= 4 is 5.91 Å². The Morgan fingerprint density at radius 3 is 2.07 bits per heavy atom. The molecule has 0 aromatic rings. The first-order chi connectivity index (χ1) is 6.18. The quantitative estimate of drug-likeness (QED) is 0.611. The van der Waals surface area contributed by atoms with Gasteiger partial charge in [-0.05, 0) is 26.7 Å². The maximum absolute atomic E-state index is 11.6. The van der Waals surface area contributed by atoms with Crippen molar-refractivity contribution in [3.63, 3.8) is 0 Å². The lowest BCUT2D eigenvalue weighted by Crippen LogP contribution is -2.56. The minimum atomic E-state index is -0.635. The molecule has 0 aromatic carbocycles. The molecule has 4 heteroatoms. The van der Waals surface area contributed by atoms with Crippen molar-refractivity contribution in [1.82, 2.24) is 5.32 Å². The minimum absolute atomic E-state index is 0.0970. The fourth-order valence-corrected chi connectivity index (χ4v) is 0.808. The fourth-order valence-electron chi connectivity index (χ4n) is 0.808. The first kappa shape index (κ1) is 13.4. The normalized spacial score (nSPS) is 16.6. The summed E-state index contributed by atoms with van der Waals surface area (Å²) in [5.41, 5.74) is 5.04. The second kappa shape index (κ2) is 4.75. The van der Waals surface area contributed by atoms with E-state index >= 15 is 0 Å². The Labute approximate surface area is 85.9 Å². The van der Waals surface area contributed by atoms with Gasteiger partial charge in [-0.2, -0.15) is 0 Å². The number of hydrogen-bond donors (Lipinski definition) is 3. The SMILES string of the molecule is CC(C)[C@H](N)C(=O)NC(C)(C)C(C)O. The highest BCUT2D eigenvalue weighted by Gasteiger charge is 2.28. The van der Waals surface area contributed by atoms with E-state index in [1.807, 2.05) is 13.8 Å². The van der Waals surface area contributed by atoms with Crippen LogP contribution in [0.15, 0.2) is 0 Å². The zero-order valence-electron chi connectivity index (χ0n) is 9.66. The summed E-state index contributed by atoms with van der Waals surface area (Å²) in [4.78, 5) is 11.6. The number of carbonyl (C=O) groups excluding carboxylic acids is 1. The lowest BCUT2D eigenvalue weighted by atomic mass is 9.96. The van der Waals surface area contributed by atoms with Crippen molar-refractivity contribution < 1.29 is 9.90 Å². The number of aliphatic hydroxyl groups excluding tert-OH is 1. The second-order valence-electron chi connectivity index (χ2n) is 4.66. The van der Waals surface area contributed by atoms with Crippen molar-refractivity contribution in [3.8, 4) is 0 Å². The summed E-state index contributed by atoms with van der Waals surface area (Å²) in [7, 11) is 0. The molecule has 84 valence electrons. The van der Waals surface area contributed by atoms with Crippen LogP contribution >= 0.6 is 0 Å². The summed E-state index contributed by atoms with van der Waals surface area (Å²) < 4.78 is 0. The third kappa shape index (κ3) is 3.64. The Bertz CT molecular complexity index is 200. The number of rotatable bonds is 4. The largest absolute Gasteiger partial charge is 0.391 e. The van der Waals surface area contributed by atoms with Crippen LogP contribution in [0.5, 0.6) is 0 Å². The zero-order valence-corrected chi connectivity index (χ0v) is 9.66. The van der Waals surface area contributed by atoms with Crippen molar-refractivity contribution in [2.75, 3.05) is 0 Å². The van der Waals surface area contributed by atoms with E-state index in [1.54, 1.807) is 20.8 Å². The summed E-state index contributed by atoms with van der Waals surface area (Å²) in [5.74, 6) is -0.120. The van der Waals surface area contributed by atoms with E-state index < -0.39 is 17.7 Å². The Morgan fingerprint density at radius 1 is 1.36 bits per heavy atom. The monoisotopic (exact) mass is 202 g/mol. The molecule has 0 radical (unpaired) electrons. The number of hydrogen-bond acceptors (Lipinski definition) is 3. The van der Waals surface area contributed by atoms with Gasteiger partial charge in [-0.15, -0.1) is 0 Å². The van der Waals surface area contributed by atoms with Gasteiger partial charge in [0.25, 0.3) is 0 Å². The molecule has 1 unspecified atom stereocenters. The predicted molar refractivity (Wildman–Crippen MR) is 56.7 cm³/mol. The van der Waals surface area contributed by atoms with Gasteiger partial charge in [-0.25, -0.2) is 0 Å². The Hall–Kier alpha value is -0.610. The van der Waals surface area contributed by atoms with Gasteiger partial charge in [0, 0.05) is 0 Å². The average molecular weight is 202 g/mol. The maximum atomic E-state index is 11.6. The van der Waals surface area contributed by atoms with Crippen LogP contribution < -0.4 is 11.1 Å². The molecule has 14 heavy (non-hydrogen) atoms. The van der Waals surface area contributed by atoms with E-state index in [4.69, 9.17) is 5.73 Å². The van der Waals surface area contributed by atoms with Crippen molar-refractivity contribution in [1.29, 1.82) is 0 Å². The number of nitrogens with one attached hydrogen (secondary N) is 1. The van der Waals surface area contributed by atoms with E-state index in [0.717, 1.165) is 0 Å². The molecule has 2 atom stereocenters. The Morgan fingerprint density at radius 2 is 1.79 bits per heavy atom. The van der Waals surface area contributed by atoms with Gasteiger partial charge in [0.1, 0.15) is 0 Å². The van der Waals surface area contributed by atoms with E-state index in [0.29, 0.717) is 0 Å². The van der Waals surface area contributed by atoms with Gasteiger partial charge in [0.2, 0.25) is 5.91 Å². The molecule has 1 amide bonds. The van der Waals surface area contributed by atoms with E-state index in [-0.39, 0.29) is 11.8 Å². The highest BCUT2D eigenvalue weighted by molar-refractivity contribution is 5.82. The van der Waals surface area contributed by atoms with Gasteiger partial charge >= 0.3 is 0 Å². The molecule has 0 bridgehead atoms. The standard InChI is InChI=1S/C10H22N2O2/c1-6(2)8(11)9(14)12-10(4,5)7(3)13/h6-8,13H,11H2,1-5H3,(H,12,14)/t7?,8-/m0/s1. The summed E-state index contributed by atoms with van der Waals surface area (Å²) in [5, 5.41) is 12.1. The molecule has 4 nitrogen and oxygen atoms in total. The van der Waals surface area contributed by atoms with Crippen LogP contribution in [-0.4, -0.2) is 28.7 Å². The van der Waals surface area contributed by atoms with Crippen LogP contribution in [0.25, 0.3) is 0 Å². The molecule has 0 saturated heterocycles. The predicted octanol–water partition coefficient (Wildman–Crippen LogP) is 0.245. The average Bonchev–Trinajstić information content (AvgIpc) is 2.01. The van der Waals surface area contributed by atoms with Gasteiger partial charge in [0.05, 0.1) is 17.7 Å². The molecule has 0 aromatic heterocycles. The Balaban J connectivity index is 4.32. The summed E-state index contributed by atoms with van der Waals surface area (Å²) in [6.07, 6.45) is -0.606.